The van der Waals surface area contributed by atoms with E-state index < -0.39 is 6.10 Å². The molecule has 2 aromatic carbocycles. The molecule has 94 valence electrons. The van der Waals surface area contributed by atoms with Gasteiger partial charge in [-0.2, -0.15) is 0 Å². The molecule has 0 aliphatic carbocycles. The first kappa shape index (κ1) is 13.1. The second kappa shape index (κ2) is 5.50. The summed E-state index contributed by atoms with van der Waals surface area (Å²) in [6.45, 7) is 0. The van der Waals surface area contributed by atoms with Crippen LogP contribution < -0.4 is 5.73 Å². The molecule has 18 heavy (non-hydrogen) atoms. The lowest BCUT2D eigenvalue weighted by Gasteiger charge is -2.14. The van der Waals surface area contributed by atoms with E-state index in [1.807, 2.05) is 12.1 Å². The van der Waals surface area contributed by atoms with Crippen LogP contribution in [0.4, 0.5) is 10.1 Å². The average molecular weight is 310 g/mol. The Kier molecular flexibility index (Phi) is 3.99. The number of nitrogen functional groups attached to an aromatic ring is 1. The van der Waals surface area contributed by atoms with Gasteiger partial charge in [-0.25, -0.2) is 4.39 Å². The number of rotatable bonds is 3. The molecule has 0 aliphatic rings. The molecule has 2 rings (SSSR count). The lowest BCUT2D eigenvalue weighted by Crippen LogP contribution is -2.06. The molecule has 0 spiro atoms. The van der Waals surface area contributed by atoms with Gasteiger partial charge in [0, 0.05) is 17.7 Å². The lowest BCUT2D eigenvalue weighted by molar-refractivity contribution is 0.179. The van der Waals surface area contributed by atoms with Crippen molar-refractivity contribution in [3.05, 3.63) is 63.9 Å². The van der Waals surface area contributed by atoms with Crippen molar-refractivity contribution in [2.24, 2.45) is 0 Å². The highest BCUT2D eigenvalue weighted by Gasteiger charge is 2.14. The molecule has 0 saturated carbocycles. The van der Waals surface area contributed by atoms with Crippen LogP contribution in [-0.2, 0) is 6.42 Å². The third-order valence-electron chi connectivity index (χ3n) is 2.80. The van der Waals surface area contributed by atoms with Crippen LogP contribution in [0.5, 0.6) is 0 Å². The van der Waals surface area contributed by atoms with Crippen molar-refractivity contribution in [1.29, 1.82) is 0 Å². The number of aliphatic hydroxyl groups excluding tert-OH is 1. The quantitative estimate of drug-likeness (QED) is 0.853. The fraction of sp³-hybridized carbons (Fsp3) is 0.143. The molecular weight excluding hydrogens is 297 g/mol. The van der Waals surface area contributed by atoms with Gasteiger partial charge >= 0.3 is 0 Å². The van der Waals surface area contributed by atoms with E-state index in [0.29, 0.717) is 27.7 Å². The minimum atomic E-state index is -0.746. The summed E-state index contributed by atoms with van der Waals surface area (Å²) < 4.78 is 13.7. The smallest absolute Gasteiger partial charge is 0.137 e. The normalized spacial score (nSPS) is 12.4. The molecule has 4 heteroatoms. The minimum Gasteiger partial charge on any atom is -0.398 e. The average Bonchev–Trinajstić information content (AvgIpc) is 2.35. The molecule has 0 heterocycles. The van der Waals surface area contributed by atoms with Crippen LogP contribution in [0.25, 0.3) is 0 Å². The third-order valence-corrected chi connectivity index (χ3v) is 3.69. The van der Waals surface area contributed by atoms with Gasteiger partial charge in [-0.1, -0.05) is 30.3 Å². The molecule has 0 aromatic heterocycles. The number of hydrogen-bond donors (Lipinski definition) is 2. The van der Waals surface area contributed by atoms with Crippen molar-refractivity contribution >= 4 is 21.6 Å². The van der Waals surface area contributed by atoms with E-state index in [-0.39, 0.29) is 5.82 Å². The predicted octanol–water partition coefficient (Wildman–Crippen LogP) is 3.45. The second-order valence-corrected chi connectivity index (χ2v) is 4.85. The summed E-state index contributed by atoms with van der Waals surface area (Å²) in [7, 11) is 0. The number of nitrogens with two attached hydrogens (primary N) is 1. The fourth-order valence-electron chi connectivity index (χ4n) is 1.84. The van der Waals surface area contributed by atoms with E-state index >= 15 is 0 Å². The summed E-state index contributed by atoms with van der Waals surface area (Å²) in [5, 5.41) is 10.1. The Morgan fingerprint density at radius 2 is 1.89 bits per heavy atom. The molecule has 2 aromatic rings. The molecule has 0 fully saturated rings. The number of anilines is 1. The van der Waals surface area contributed by atoms with Crippen molar-refractivity contribution in [3.8, 4) is 0 Å². The van der Waals surface area contributed by atoms with Gasteiger partial charge in [0.05, 0.1) is 10.6 Å². The topological polar surface area (TPSA) is 46.2 Å². The monoisotopic (exact) mass is 309 g/mol. The Labute approximate surface area is 113 Å². The number of para-hydroxylation sites is 1. The van der Waals surface area contributed by atoms with Gasteiger partial charge in [0.15, 0.2) is 0 Å². The summed E-state index contributed by atoms with van der Waals surface area (Å²) in [6.07, 6.45) is -0.434. The Balaban J connectivity index is 2.24. The first-order valence-corrected chi connectivity index (χ1v) is 6.34. The van der Waals surface area contributed by atoms with E-state index in [0.717, 1.165) is 0 Å². The highest BCUT2D eigenvalue weighted by Crippen LogP contribution is 2.28. The Bertz CT molecular complexity index is 559. The van der Waals surface area contributed by atoms with Crippen LogP contribution >= 0.6 is 15.9 Å². The van der Waals surface area contributed by atoms with Crippen molar-refractivity contribution in [1.82, 2.24) is 0 Å². The second-order valence-electron chi connectivity index (χ2n) is 4.06. The van der Waals surface area contributed by atoms with Crippen LogP contribution in [-0.4, -0.2) is 5.11 Å². The van der Waals surface area contributed by atoms with E-state index in [9.17, 15) is 9.50 Å². The number of halogens is 2. The summed E-state index contributed by atoms with van der Waals surface area (Å²) >= 11 is 3.18. The van der Waals surface area contributed by atoms with Crippen LogP contribution in [0, 0.1) is 5.82 Å². The SMILES string of the molecule is Nc1ccccc1C(O)Cc1cccc(F)c1Br. The molecule has 0 saturated heterocycles. The molecule has 0 bridgehead atoms. The van der Waals surface area contributed by atoms with Gasteiger partial charge in [-0.3, -0.25) is 0 Å². The maximum absolute atomic E-state index is 13.4. The first-order valence-electron chi connectivity index (χ1n) is 5.55. The van der Waals surface area contributed by atoms with Gasteiger partial charge in [0.2, 0.25) is 0 Å². The Morgan fingerprint density at radius 1 is 1.17 bits per heavy atom. The summed E-state index contributed by atoms with van der Waals surface area (Å²) in [5.74, 6) is -0.333. The summed E-state index contributed by atoms with van der Waals surface area (Å²) in [6, 6.07) is 11.9. The number of aliphatic hydroxyl groups is 1. The summed E-state index contributed by atoms with van der Waals surface area (Å²) in [4.78, 5) is 0. The van der Waals surface area contributed by atoms with Gasteiger partial charge in [0.25, 0.3) is 0 Å². The molecule has 0 radical (unpaired) electrons. The number of hydrogen-bond acceptors (Lipinski definition) is 2. The molecule has 1 atom stereocenters. The molecular formula is C14H13BrFNO. The van der Waals surface area contributed by atoms with E-state index in [1.54, 1.807) is 24.3 Å². The van der Waals surface area contributed by atoms with Crippen molar-refractivity contribution in [2.75, 3.05) is 5.73 Å². The van der Waals surface area contributed by atoms with Crippen LogP contribution in [0.3, 0.4) is 0 Å². The molecule has 2 nitrogen and oxygen atoms in total. The fourth-order valence-corrected chi connectivity index (χ4v) is 2.26. The largest absolute Gasteiger partial charge is 0.398 e. The van der Waals surface area contributed by atoms with Gasteiger partial charge in [-0.15, -0.1) is 0 Å². The highest BCUT2D eigenvalue weighted by molar-refractivity contribution is 9.10. The van der Waals surface area contributed by atoms with Crippen molar-refractivity contribution in [3.63, 3.8) is 0 Å². The molecule has 3 N–H and O–H groups in total. The highest BCUT2D eigenvalue weighted by atomic mass is 79.9. The van der Waals surface area contributed by atoms with Gasteiger partial charge in [-0.05, 0) is 33.6 Å². The standard InChI is InChI=1S/C14H13BrFNO/c15-14-9(4-3-6-11(14)16)8-13(18)10-5-1-2-7-12(10)17/h1-7,13,18H,8,17H2. The zero-order valence-electron chi connectivity index (χ0n) is 9.61. The zero-order chi connectivity index (χ0) is 13.1. The van der Waals surface area contributed by atoms with Crippen LogP contribution in [0.1, 0.15) is 17.2 Å². The molecule has 0 aliphatic heterocycles. The molecule has 1 unspecified atom stereocenters. The van der Waals surface area contributed by atoms with E-state index in [1.165, 1.54) is 6.07 Å². The van der Waals surface area contributed by atoms with E-state index in [2.05, 4.69) is 15.9 Å². The zero-order valence-corrected chi connectivity index (χ0v) is 11.2. The molecule has 0 amide bonds. The van der Waals surface area contributed by atoms with Crippen LogP contribution in [0.15, 0.2) is 46.9 Å². The van der Waals surface area contributed by atoms with Crippen molar-refractivity contribution < 1.29 is 9.50 Å². The maximum Gasteiger partial charge on any atom is 0.137 e. The summed E-state index contributed by atoms with van der Waals surface area (Å²) in [5.41, 5.74) is 7.71. The Hall–Kier alpha value is -1.39. The lowest BCUT2D eigenvalue weighted by atomic mass is 10.00. The Morgan fingerprint density at radius 3 is 2.61 bits per heavy atom. The maximum atomic E-state index is 13.4. The van der Waals surface area contributed by atoms with Crippen LogP contribution in [0.2, 0.25) is 0 Å². The third kappa shape index (κ3) is 2.71. The van der Waals surface area contributed by atoms with Gasteiger partial charge in [0.1, 0.15) is 5.82 Å². The predicted molar refractivity (Wildman–Crippen MR) is 73.6 cm³/mol. The first-order chi connectivity index (χ1) is 8.59. The number of benzene rings is 2. The van der Waals surface area contributed by atoms with Crippen molar-refractivity contribution in [2.45, 2.75) is 12.5 Å². The van der Waals surface area contributed by atoms with E-state index in [4.69, 9.17) is 5.73 Å². The van der Waals surface area contributed by atoms with Gasteiger partial charge < -0.3 is 10.8 Å². The minimum absolute atomic E-state index is 0.312.